The number of aromatic nitrogens is 1. The molecule has 0 saturated heterocycles. The minimum absolute atomic E-state index is 0.0729. The van der Waals surface area contributed by atoms with Crippen molar-refractivity contribution in [3.8, 4) is 5.75 Å². The van der Waals surface area contributed by atoms with E-state index in [0.717, 1.165) is 6.07 Å². The second-order valence-corrected chi connectivity index (χ2v) is 2.54. The van der Waals surface area contributed by atoms with Gasteiger partial charge < -0.3 is 9.72 Å². The second kappa shape index (κ2) is 3.55. The molecule has 13 heavy (non-hydrogen) atoms. The highest BCUT2D eigenvalue weighted by atomic mass is 19.3. The molecule has 0 spiro atoms. The van der Waals surface area contributed by atoms with E-state index < -0.39 is 12.0 Å². The molecular formula is C8H9F2NO2. The SMILES string of the molecule is COc1cc(=O)[nH]c(C)c1C(F)F. The maximum absolute atomic E-state index is 12.4. The summed E-state index contributed by atoms with van der Waals surface area (Å²) in [6.07, 6.45) is -2.65. The van der Waals surface area contributed by atoms with Gasteiger partial charge in [0.2, 0.25) is 0 Å². The molecule has 1 aromatic rings. The van der Waals surface area contributed by atoms with E-state index in [2.05, 4.69) is 9.72 Å². The Balaban J connectivity index is 3.38. The molecule has 0 radical (unpaired) electrons. The Bertz CT molecular complexity index is 360. The van der Waals surface area contributed by atoms with Gasteiger partial charge in [0.05, 0.1) is 12.7 Å². The van der Waals surface area contributed by atoms with Crippen molar-refractivity contribution >= 4 is 0 Å². The number of halogens is 2. The molecule has 0 fully saturated rings. The van der Waals surface area contributed by atoms with Crippen LogP contribution < -0.4 is 10.3 Å². The molecule has 5 heteroatoms. The first-order valence-corrected chi connectivity index (χ1v) is 3.62. The number of pyridine rings is 1. The topological polar surface area (TPSA) is 42.1 Å². The van der Waals surface area contributed by atoms with E-state index >= 15 is 0 Å². The lowest BCUT2D eigenvalue weighted by molar-refractivity contribution is 0.145. The summed E-state index contributed by atoms with van der Waals surface area (Å²) < 4.78 is 29.5. The summed E-state index contributed by atoms with van der Waals surface area (Å²) in [5, 5.41) is 0. The predicted octanol–water partition coefficient (Wildman–Crippen LogP) is 1.63. The maximum Gasteiger partial charge on any atom is 0.269 e. The summed E-state index contributed by atoms with van der Waals surface area (Å²) in [6.45, 7) is 1.41. The third-order valence-electron chi connectivity index (χ3n) is 1.68. The molecule has 1 rings (SSSR count). The average Bonchev–Trinajstić information content (AvgIpc) is 2.01. The Hall–Kier alpha value is -1.39. The van der Waals surface area contributed by atoms with E-state index in [1.165, 1.54) is 14.0 Å². The van der Waals surface area contributed by atoms with Gasteiger partial charge in [-0.15, -0.1) is 0 Å². The number of aromatic amines is 1. The number of hydrogen-bond acceptors (Lipinski definition) is 2. The molecule has 0 aromatic carbocycles. The maximum atomic E-state index is 12.4. The monoisotopic (exact) mass is 189 g/mol. The molecule has 0 aliphatic heterocycles. The van der Waals surface area contributed by atoms with Crippen LogP contribution >= 0.6 is 0 Å². The third-order valence-corrected chi connectivity index (χ3v) is 1.68. The van der Waals surface area contributed by atoms with Crippen LogP contribution in [0.3, 0.4) is 0 Å². The first-order chi connectivity index (χ1) is 6.06. The Kier molecular flexibility index (Phi) is 2.65. The van der Waals surface area contributed by atoms with Crippen LogP contribution in [0.25, 0.3) is 0 Å². The van der Waals surface area contributed by atoms with Gasteiger partial charge in [0.1, 0.15) is 5.75 Å². The summed E-state index contributed by atoms with van der Waals surface area (Å²) >= 11 is 0. The van der Waals surface area contributed by atoms with Crippen LogP contribution in [0, 0.1) is 6.92 Å². The first kappa shape index (κ1) is 9.70. The number of ether oxygens (including phenoxy) is 1. The summed E-state index contributed by atoms with van der Waals surface area (Å²) in [5.74, 6) is -0.0729. The van der Waals surface area contributed by atoms with Crippen molar-refractivity contribution in [1.29, 1.82) is 0 Å². The van der Waals surface area contributed by atoms with E-state index in [9.17, 15) is 13.6 Å². The molecule has 1 N–H and O–H groups in total. The fraction of sp³-hybridized carbons (Fsp3) is 0.375. The van der Waals surface area contributed by atoms with Crippen LogP contribution in [0.1, 0.15) is 17.7 Å². The number of rotatable bonds is 2. The molecule has 0 aliphatic carbocycles. The van der Waals surface area contributed by atoms with Crippen LogP contribution in [0.5, 0.6) is 5.75 Å². The Morgan fingerprint density at radius 3 is 2.62 bits per heavy atom. The van der Waals surface area contributed by atoms with Crippen molar-refractivity contribution in [3.05, 3.63) is 27.7 Å². The Labute approximate surface area is 73.4 Å². The van der Waals surface area contributed by atoms with Crippen LogP contribution in [0.2, 0.25) is 0 Å². The van der Waals surface area contributed by atoms with Gasteiger partial charge in [-0.2, -0.15) is 0 Å². The minimum atomic E-state index is -2.65. The van der Waals surface area contributed by atoms with Crippen molar-refractivity contribution in [2.24, 2.45) is 0 Å². The van der Waals surface area contributed by atoms with Crippen molar-refractivity contribution < 1.29 is 13.5 Å². The van der Waals surface area contributed by atoms with E-state index in [1.807, 2.05) is 0 Å². The zero-order valence-corrected chi connectivity index (χ0v) is 7.23. The fourth-order valence-electron chi connectivity index (χ4n) is 1.11. The van der Waals surface area contributed by atoms with Crippen LogP contribution in [0.15, 0.2) is 10.9 Å². The van der Waals surface area contributed by atoms with E-state index in [4.69, 9.17) is 0 Å². The minimum Gasteiger partial charge on any atom is -0.496 e. The highest BCUT2D eigenvalue weighted by Gasteiger charge is 2.17. The molecule has 0 unspecified atom stereocenters. The molecule has 0 amide bonds. The van der Waals surface area contributed by atoms with Crippen LogP contribution in [0.4, 0.5) is 8.78 Å². The van der Waals surface area contributed by atoms with Gasteiger partial charge in [0.15, 0.2) is 0 Å². The normalized spacial score (nSPS) is 10.5. The van der Waals surface area contributed by atoms with E-state index in [-0.39, 0.29) is 17.0 Å². The summed E-state index contributed by atoms with van der Waals surface area (Å²) in [5.41, 5.74) is -0.569. The van der Waals surface area contributed by atoms with E-state index in [1.54, 1.807) is 0 Å². The number of nitrogens with one attached hydrogen (secondary N) is 1. The van der Waals surface area contributed by atoms with Gasteiger partial charge in [-0.25, -0.2) is 8.78 Å². The Morgan fingerprint density at radius 2 is 2.15 bits per heavy atom. The molecule has 72 valence electrons. The lowest BCUT2D eigenvalue weighted by atomic mass is 10.2. The third kappa shape index (κ3) is 1.85. The molecule has 3 nitrogen and oxygen atoms in total. The Morgan fingerprint density at radius 1 is 1.54 bits per heavy atom. The zero-order chi connectivity index (χ0) is 10.0. The van der Waals surface area contributed by atoms with E-state index in [0.29, 0.717) is 0 Å². The van der Waals surface area contributed by atoms with Gasteiger partial charge in [0, 0.05) is 11.8 Å². The molecule has 0 atom stereocenters. The van der Waals surface area contributed by atoms with Gasteiger partial charge >= 0.3 is 0 Å². The van der Waals surface area contributed by atoms with Crippen molar-refractivity contribution in [1.82, 2.24) is 4.98 Å². The number of aryl methyl sites for hydroxylation is 1. The first-order valence-electron chi connectivity index (χ1n) is 3.62. The standard InChI is InChI=1S/C8H9F2NO2/c1-4-7(8(9)10)5(13-2)3-6(12)11-4/h3,8H,1-2H3,(H,11,12). The highest BCUT2D eigenvalue weighted by Crippen LogP contribution is 2.28. The van der Waals surface area contributed by atoms with Crippen molar-refractivity contribution in [2.75, 3.05) is 7.11 Å². The number of H-pyrrole nitrogens is 1. The summed E-state index contributed by atoms with van der Waals surface area (Å²) in [7, 11) is 1.25. The molecular weight excluding hydrogens is 180 g/mol. The van der Waals surface area contributed by atoms with Crippen molar-refractivity contribution in [3.63, 3.8) is 0 Å². The quantitative estimate of drug-likeness (QED) is 0.768. The molecule has 0 saturated carbocycles. The van der Waals surface area contributed by atoms with Gasteiger partial charge in [-0.05, 0) is 6.92 Å². The molecule has 0 aliphatic rings. The van der Waals surface area contributed by atoms with Gasteiger partial charge in [-0.3, -0.25) is 4.79 Å². The van der Waals surface area contributed by atoms with Crippen molar-refractivity contribution in [2.45, 2.75) is 13.3 Å². The lowest BCUT2D eigenvalue weighted by Crippen LogP contribution is -2.10. The predicted molar refractivity (Wildman–Crippen MR) is 43.3 cm³/mol. The second-order valence-electron chi connectivity index (χ2n) is 2.54. The van der Waals surface area contributed by atoms with Crippen LogP contribution in [-0.4, -0.2) is 12.1 Å². The van der Waals surface area contributed by atoms with Gasteiger partial charge in [-0.1, -0.05) is 0 Å². The van der Waals surface area contributed by atoms with Gasteiger partial charge in [0.25, 0.3) is 12.0 Å². The molecule has 1 heterocycles. The smallest absolute Gasteiger partial charge is 0.269 e. The zero-order valence-electron chi connectivity index (χ0n) is 7.23. The lowest BCUT2D eigenvalue weighted by Gasteiger charge is -2.09. The fourth-order valence-corrected chi connectivity index (χ4v) is 1.11. The number of alkyl halides is 2. The summed E-state index contributed by atoms with van der Waals surface area (Å²) in [6, 6.07) is 1.01. The molecule has 0 bridgehead atoms. The van der Waals surface area contributed by atoms with Crippen LogP contribution in [-0.2, 0) is 0 Å². The largest absolute Gasteiger partial charge is 0.496 e. The highest BCUT2D eigenvalue weighted by molar-refractivity contribution is 5.36. The number of methoxy groups -OCH3 is 1. The molecule has 1 aromatic heterocycles. The number of hydrogen-bond donors (Lipinski definition) is 1. The summed E-state index contributed by atoms with van der Waals surface area (Å²) in [4.78, 5) is 13.1. The average molecular weight is 189 g/mol.